The van der Waals surface area contributed by atoms with Crippen LogP contribution in [0.2, 0.25) is 0 Å². The van der Waals surface area contributed by atoms with Crippen LogP contribution in [-0.4, -0.2) is 23.1 Å². The van der Waals surface area contributed by atoms with Gasteiger partial charge in [-0.2, -0.15) is 0 Å². The minimum atomic E-state index is 0.638. The Labute approximate surface area is 88.9 Å². The molecule has 1 fully saturated rings. The number of aromatic amines is 1. The van der Waals surface area contributed by atoms with Gasteiger partial charge < -0.3 is 10.3 Å². The molecule has 2 aromatic rings. The number of aromatic nitrogens is 2. The molecule has 3 heterocycles. The molecule has 3 nitrogen and oxygen atoms in total. The number of hydrogen-bond acceptors (Lipinski definition) is 2. The Balaban J connectivity index is 1.95. The van der Waals surface area contributed by atoms with Gasteiger partial charge in [-0.25, -0.2) is 0 Å². The molecule has 2 aromatic heterocycles. The predicted octanol–water partition coefficient (Wildman–Crippen LogP) is 2.03. The van der Waals surface area contributed by atoms with Crippen molar-refractivity contribution in [2.24, 2.45) is 0 Å². The van der Waals surface area contributed by atoms with Crippen molar-refractivity contribution >= 4 is 11.0 Å². The molecule has 0 amide bonds. The van der Waals surface area contributed by atoms with Crippen LogP contribution in [0.5, 0.6) is 0 Å². The lowest BCUT2D eigenvalue weighted by molar-refractivity contribution is 0.461. The van der Waals surface area contributed by atoms with Crippen LogP contribution in [0.4, 0.5) is 0 Å². The van der Waals surface area contributed by atoms with Crippen molar-refractivity contribution in [1.82, 2.24) is 15.3 Å². The second-order valence-electron chi connectivity index (χ2n) is 4.22. The van der Waals surface area contributed by atoms with Crippen LogP contribution >= 0.6 is 0 Å². The van der Waals surface area contributed by atoms with E-state index in [-0.39, 0.29) is 0 Å². The molecular formula is C12H15N3. The van der Waals surface area contributed by atoms with Crippen molar-refractivity contribution in [3.05, 3.63) is 30.1 Å². The van der Waals surface area contributed by atoms with Crippen molar-refractivity contribution in [3.63, 3.8) is 0 Å². The topological polar surface area (TPSA) is 40.7 Å². The zero-order chi connectivity index (χ0) is 10.1. The van der Waals surface area contributed by atoms with Gasteiger partial charge in [0.05, 0.1) is 11.0 Å². The molecule has 0 aliphatic carbocycles. The summed E-state index contributed by atoms with van der Waals surface area (Å²) in [7, 11) is 0. The predicted molar refractivity (Wildman–Crippen MR) is 60.9 cm³/mol. The van der Waals surface area contributed by atoms with Gasteiger partial charge in [0.25, 0.3) is 0 Å². The third kappa shape index (κ3) is 1.63. The molecule has 2 N–H and O–H groups in total. The number of pyridine rings is 1. The van der Waals surface area contributed by atoms with E-state index in [2.05, 4.69) is 21.4 Å². The van der Waals surface area contributed by atoms with Crippen LogP contribution in [-0.2, 0) is 0 Å². The van der Waals surface area contributed by atoms with Gasteiger partial charge in [-0.15, -0.1) is 0 Å². The molecule has 1 aliphatic rings. The fraction of sp³-hybridized carbons (Fsp3) is 0.417. The van der Waals surface area contributed by atoms with Gasteiger partial charge in [0.15, 0.2) is 0 Å². The van der Waals surface area contributed by atoms with E-state index in [9.17, 15) is 0 Å². The molecule has 0 spiro atoms. The summed E-state index contributed by atoms with van der Waals surface area (Å²) in [6.45, 7) is 2.25. The van der Waals surface area contributed by atoms with Crippen LogP contribution in [0.25, 0.3) is 11.0 Å². The Morgan fingerprint density at radius 1 is 1.40 bits per heavy atom. The highest BCUT2D eigenvalue weighted by Crippen LogP contribution is 2.24. The first-order valence-corrected chi connectivity index (χ1v) is 5.57. The van der Waals surface area contributed by atoms with Crippen molar-refractivity contribution in [2.75, 3.05) is 13.1 Å². The summed E-state index contributed by atoms with van der Waals surface area (Å²) >= 11 is 0. The van der Waals surface area contributed by atoms with Gasteiger partial charge >= 0.3 is 0 Å². The maximum absolute atomic E-state index is 4.46. The van der Waals surface area contributed by atoms with Crippen LogP contribution in [0, 0.1) is 0 Å². The minimum absolute atomic E-state index is 0.638. The number of piperidine rings is 1. The second kappa shape index (κ2) is 3.66. The van der Waals surface area contributed by atoms with E-state index in [4.69, 9.17) is 0 Å². The number of rotatable bonds is 1. The molecule has 0 saturated carbocycles. The van der Waals surface area contributed by atoms with Gasteiger partial charge in [-0.05, 0) is 43.0 Å². The van der Waals surface area contributed by atoms with Crippen molar-refractivity contribution in [2.45, 2.75) is 18.8 Å². The van der Waals surface area contributed by atoms with Crippen LogP contribution in [0.1, 0.15) is 24.3 Å². The maximum atomic E-state index is 4.46. The molecule has 78 valence electrons. The molecule has 1 saturated heterocycles. The molecule has 1 unspecified atom stereocenters. The third-order valence-electron chi connectivity index (χ3n) is 3.19. The van der Waals surface area contributed by atoms with Gasteiger partial charge in [0.2, 0.25) is 0 Å². The second-order valence-corrected chi connectivity index (χ2v) is 4.22. The summed E-state index contributed by atoms with van der Waals surface area (Å²) in [5.41, 5.74) is 3.57. The van der Waals surface area contributed by atoms with Gasteiger partial charge in [0.1, 0.15) is 0 Å². The monoisotopic (exact) mass is 201 g/mol. The average molecular weight is 201 g/mol. The lowest BCUT2D eigenvalue weighted by atomic mass is 9.93. The van der Waals surface area contributed by atoms with Gasteiger partial charge in [-0.1, -0.05) is 0 Å². The van der Waals surface area contributed by atoms with Crippen LogP contribution in [0.15, 0.2) is 24.5 Å². The van der Waals surface area contributed by atoms with Crippen molar-refractivity contribution in [1.29, 1.82) is 0 Å². The summed E-state index contributed by atoms with van der Waals surface area (Å²) < 4.78 is 0. The SMILES string of the molecule is c1cc2ncc(C3CCCNC3)cc2[nH]1. The normalized spacial score (nSPS) is 22.0. The molecular weight excluding hydrogens is 186 g/mol. The summed E-state index contributed by atoms with van der Waals surface area (Å²) in [5, 5.41) is 3.44. The first-order valence-electron chi connectivity index (χ1n) is 5.57. The highest BCUT2D eigenvalue weighted by atomic mass is 14.9. The van der Waals surface area contributed by atoms with E-state index in [0.29, 0.717) is 5.92 Å². The zero-order valence-corrected chi connectivity index (χ0v) is 8.66. The quantitative estimate of drug-likeness (QED) is 0.741. The average Bonchev–Trinajstić information content (AvgIpc) is 2.77. The summed E-state index contributed by atoms with van der Waals surface area (Å²) in [6.07, 6.45) is 6.52. The number of hydrogen-bond donors (Lipinski definition) is 2. The Kier molecular flexibility index (Phi) is 2.18. The Morgan fingerprint density at radius 3 is 3.27 bits per heavy atom. The van der Waals surface area contributed by atoms with Crippen molar-refractivity contribution < 1.29 is 0 Å². The Hall–Kier alpha value is -1.35. The minimum Gasteiger partial charge on any atom is -0.360 e. The zero-order valence-electron chi connectivity index (χ0n) is 8.66. The van der Waals surface area contributed by atoms with Crippen LogP contribution in [0.3, 0.4) is 0 Å². The molecule has 3 rings (SSSR count). The first kappa shape index (κ1) is 8.92. The number of H-pyrrole nitrogens is 1. The molecule has 0 aromatic carbocycles. The van der Waals surface area contributed by atoms with E-state index in [1.807, 2.05) is 18.5 Å². The summed E-state index contributed by atoms with van der Waals surface area (Å²) in [4.78, 5) is 7.67. The highest BCUT2D eigenvalue weighted by Gasteiger charge is 2.15. The lowest BCUT2D eigenvalue weighted by Gasteiger charge is -2.22. The Morgan fingerprint density at radius 2 is 2.40 bits per heavy atom. The molecule has 0 bridgehead atoms. The maximum Gasteiger partial charge on any atom is 0.0878 e. The first-order chi connectivity index (χ1) is 7.43. The fourth-order valence-electron chi connectivity index (χ4n) is 2.31. The van der Waals surface area contributed by atoms with Crippen molar-refractivity contribution in [3.8, 4) is 0 Å². The number of nitrogens with one attached hydrogen (secondary N) is 2. The van der Waals surface area contributed by atoms with E-state index < -0.39 is 0 Å². The fourth-order valence-corrected chi connectivity index (χ4v) is 2.31. The van der Waals surface area contributed by atoms with Crippen LogP contribution < -0.4 is 5.32 Å². The third-order valence-corrected chi connectivity index (χ3v) is 3.19. The number of nitrogens with zero attached hydrogens (tertiary/aromatic N) is 1. The summed E-state index contributed by atoms with van der Waals surface area (Å²) in [5.74, 6) is 0.638. The largest absolute Gasteiger partial charge is 0.360 e. The van der Waals surface area contributed by atoms with E-state index in [0.717, 1.165) is 24.1 Å². The Bertz CT molecular complexity index is 455. The molecule has 1 aliphatic heterocycles. The molecule has 3 heteroatoms. The smallest absolute Gasteiger partial charge is 0.0878 e. The lowest BCUT2D eigenvalue weighted by Crippen LogP contribution is -2.28. The van der Waals surface area contributed by atoms with E-state index in [1.165, 1.54) is 18.4 Å². The van der Waals surface area contributed by atoms with Gasteiger partial charge in [0, 0.05) is 18.9 Å². The van der Waals surface area contributed by atoms with Gasteiger partial charge in [-0.3, -0.25) is 4.98 Å². The highest BCUT2D eigenvalue weighted by molar-refractivity contribution is 5.75. The molecule has 1 atom stereocenters. The number of fused-ring (bicyclic) bond motifs is 1. The van der Waals surface area contributed by atoms with E-state index >= 15 is 0 Å². The summed E-state index contributed by atoms with van der Waals surface area (Å²) in [6, 6.07) is 4.25. The molecule has 0 radical (unpaired) electrons. The standard InChI is InChI=1S/C12H15N3/c1-2-9(7-13-4-1)10-6-12-11(15-8-10)3-5-14-12/h3,5-6,8-9,13-14H,1-2,4,7H2. The van der Waals surface area contributed by atoms with E-state index in [1.54, 1.807) is 0 Å². The molecule has 15 heavy (non-hydrogen) atoms.